The number of nitrogens with one attached hydrogen (secondary N) is 1. The first-order valence-electron chi connectivity index (χ1n) is 6.53. The molecule has 1 nitrogen and oxygen atoms in total. The van der Waals surface area contributed by atoms with E-state index >= 15 is 0 Å². The SMILES string of the molecule is CC(C)CNCCC(C)Cc1ccc(Br)cc1. The van der Waals surface area contributed by atoms with Crippen molar-refractivity contribution in [1.29, 1.82) is 0 Å². The van der Waals surface area contributed by atoms with Crippen LogP contribution in [0.3, 0.4) is 0 Å². The van der Waals surface area contributed by atoms with Crippen LogP contribution in [-0.2, 0) is 6.42 Å². The van der Waals surface area contributed by atoms with Crippen molar-refractivity contribution in [2.45, 2.75) is 33.6 Å². The molecule has 0 aliphatic rings. The van der Waals surface area contributed by atoms with E-state index in [1.807, 2.05) is 0 Å². The van der Waals surface area contributed by atoms with Gasteiger partial charge in [-0.3, -0.25) is 0 Å². The molecule has 0 fully saturated rings. The van der Waals surface area contributed by atoms with Crippen molar-refractivity contribution in [3.05, 3.63) is 34.3 Å². The molecule has 1 unspecified atom stereocenters. The lowest BCUT2D eigenvalue weighted by atomic mass is 9.98. The number of hydrogen-bond donors (Lipinski definition) is 1. The monoisotopic (exact) mass is 297 g/mol. The number of benzene rings is 1. The van der Waals surface area contributed by atoms with Crippen LogP contribution in [0.25, 0.3) is 0 Å². The third-order valence-electron chi connectivity index (χ3n) is 2.86. The van der Waals surface area contributed by atoms with Crippen LogP contribution in [0.15, 0.2) is 28.7 Å². The van der Waals surface area contributed by atoms with Crippen LogP contribution in [0, 0.1) is 11.8 Å². The van der Waals surface area contributed by atoms with E-state index in [2.05, 4.69) is 66.3 Å². The fraction of sp³-hybridized carbons (Fsp3) is 0.600. The zero-order valence-electron chi connectivity index (χ0n) is 11.2. The lowest BCUT2D eigenvalue weighted by Crippen LogP contribution is -2.22. The van der Waals surface area contributed by atoms with Crippen LogP contribution in [0.5, 0.6) is 0 Å². The molecule has 17 heavy (non-hydrogen) atoms. The maximum atomic E-state index is 3.50. The van der Waals surface area contributed by atoms with Gasteiger partial charge in [0.2, 0.25) is 0 Å². The molecule has 0 saturated heterocycles. The normalized spacial score (nSPS) is 13.0. The van der Waals surface area contributed by atoms with Gasteiger partial charge in [-0.15, -0.1) is 0 Å². The van der Waals surface area contributed by atoms with Gasteiger partial charge in [-0.1, -0.05) is 48.8 Å². The molecule has 1 rings (SSSR count). The van der Waals surface area contributed by atoms with Gasteiger partial charge in [0, 0.05) is 4.47 Å². The van der Waals surface area contributed by atoms with Crippen molar-refractivity contribution in [2.75, 3.05) is 13.1 Å². The summed E-state index contributed by atoms with van der Waals surface area (Å²) in [5, 5.41) is 3.50. The van der Waals surface area contributed by atoms with Crippen molar-refractivity contribution in [3.8, 4) is 0 Å². The van der Waals surface area contributed by atoms with E-state index in [-0.39, 0.29) is 0 Å². The quantitative estimate of drug-likeness (QED) is 0.742. The Bertz CT molecular complexity index is 305. The molecule has 0 radical (unpaired) electrons. The molecule has 0 saturated carbocycles. The lowest BCUT2D eigenvalue weighted by Gasteiger charge is -2.13. The molecule has 96 valence electrons. The standard InChI is InChI=1S/C15H24BrN/c1-12(2)11-17-9-8-13(3)10-14-4-6-15(16)7-5-14/h4-7,12-13,17H,8-11H2,1-3H3. The van der Waals surface area contributed by atoms with Crippen molar-refractivity contribution >= 4 is 15.9 Å². The first kappa shape index (κ1) is 14.7. The molecule has 0 bridgehead atoms. The van der Waals surface area contributed by atoms with Crippen LogP contribution in [-0.4, -0.2) is 13.1 Å². The highest BCUT2D eigenvalue weighted by Gasteiger charge is 2.03. The van der Waals surface area contributed by atoms with Crippen molar-refractivity contribution in [1.82, 2.24) is 5.32 Å². The Kier molecular flexibility index (Phi) is 6.83. The molecule has 0 aliphatic carbocycles. The van der Waals surface area contributed by atoms with Gasteiger partial charge in [0.1, 0.15) is 0 Å². The molecular formula is C15H24BrN. The third kappa shape index (κ3) is 6.85. The Labute approximate surface area is 114 Å². The Morgan fingerprint density at radius 3 is 2.35 bits per heavy atom. The largest absolute Gasteiger partial charge is 0.316 e. The van der Waals surface area contributed by atoms with Crippen LogP contribution < -0.4 is 5.32 Å². The summed E-state index contributed by atoms with van der Waals surface area (Å²) in [4.78, 5) is 0. The van der Waals surface area contributed by atoms with E-state index in [0.717, 1.165) is 29.4 Å². The number of halogens is 1. The average Bonchev–Trinajstić information content (AvgIpc) is 2.27. The molecular weight excluding hydrogens is 274 g/mol. The van der Waals surface area contributed by atoms with Crippen LogP contribution in [0.1, 0.15) is 32.8 Å². The molecule has 0 spiro atoms. The number of hydrogen-bond acceptors (Lipinski definition) is 1. The third-order valence-corrected chi connectivity index (χ3v) is 3.39. The van der Waals surface area contributed by atoms with Gasteiger partial charge in [-0.05, 0) is 55.5 Å². The fourth-order valence-corrected chi connectivity index (χ4v) is 2.13. The second kappa shape index (κ2) is 7.88. The molecule has 0 heterocycles. The summed E-state index contributed by atoms with van der Waals surface area (Å²) >= 11 is 3.47. The predicted molar refractivity (Wildman–Crippen MR) is 79.3 cm³/mol. The van der Waals surface area contributed by atoms with E-state index < -0.39 is 0 Å². The molecule has 1 aromatic rings. The summed E-state index contributed by atoms with van der Waals surface area (Å²) in [7, 11) is 0. The summed E-state index contributed by atoms with van der Waals surface area (Å²) in [6, 6.07) is 8.67. The lowest BCUT2D eigenvalue weighted by molar-refractivity contribution is 0.474. The summed E-state index contributed by atoms with van der Waals surface area (Å²) in [5.41, 5.74) is 1.43. The van der Waals surface area contributed by atoms with Gasteiger partial charge in [0.05, 0.1) is 0 Å². The van der Waals surface area contributed by atoms with Crippen LogP contribution >= 0.6 is 15.9 Å². The smallest absolute Gasteiger partial charge is 0.0175 e. The van der Waals surface area contributed by atoms with E-state index in [4.69, 9.17) is 0 Å². The highest BCUT2D eigenvalue weighted by Crippen LogP contribution is 2.15. The summed E-state index contributed by atoms with van der Waals surface area (Å²) in [6.45, 7) is 9.09. The highest BCUT2D eigenvalue weighted by atomic mass is 79.9. The highest BCUT2D eigenvalue weighted by molar-refractivity contribution is 9.10. The van der Waals surface area contributed by atoms with Gasteiger partial charge in [-0.25, -0.2) is 0 Å². The number of rotatable bonds is 7. The topological polar surface area (TPSA) is 12.0 Å². The van der Waals surface area contributed by atoms with Crippen LogP contribution in [0.2, 0.25) is 0 Å². The van der Waals surface area contributed by atoms with Gasteiger partial charge in [0.15, 0.2) is 0 Å². The van der Waals surface area contributed by atoms with Crippen LogP contribution in [0.4, 0.5) is 0 Å². The summed E-state index contributed by atoms with van der Waals surface area (Å²) < 4.78 is 1.16. The molecule has 1 aromatic carbocycles. The van der Waals surface area contributed by atoms with Crippen molar-refractivity contribution in [3.63, 3.8) is 0 Å². The van der Waals surface area contributed by atoms with Crippen molar-refractivity contribution in [2.24, 2.45) is 11.8 Å². The molecule has 0 aliphatic heterocycles. The maximum absolute atomic E-state index is 3.50. The Morgan fingerprint density at radius 2 is 1.76 bits per heavy atom. The van der Waals surface area contributed by atoms with E-state index in [9.17, 15) is 0 Å². The summed E-state index contributed by atoms with van der Waals surface area (Å²) in [5.74, 6) is 1.49. The minimum atomic E-state index is 0.746. The molecule has 2 heteroatoms. The Morgan fingerprint density at radius 1 is 1.12 bits per heavy atom. The zero-order chi connectivity index (χ0) is 12.7. The second-order valence-electron chi connectivity index (χ2n) is 5.32. The van der Waals surface area contributed by atoms with Crippen molar-refractivity contribution < 1.29 is 0 Å². The molecule has 0 aromatic heterocycles. The van der Waals surface area contributed by atoms with Gasteiger partial charge in [-0.2, -0.15) is 0 Å². The summed E-state index contributed by atoms with van der Waals surface area (Å²) in [6.07, 6.45) is 2.43. The van der Waals surface area contributed by atoms with Gasteiger partial charge in [0.25, 0.3) is 0 Å². The zero-order valence-corrected chi connectivity index (χ0v) is 12.8. The second-order valence-corrected chi connectivity index (χ2v) is 6.24. The first-order valence-corrected chi connectivity index (χ1v) is 7.32. The minimum absolute atomic E-state index is 0.746. The van der Waals surface area contributed by atoms with E-state index in [1.165, 1.54) is 18.4 Å². The minimum Gasteiger partial charge on any atom is -0.316 e. The Balaban J connectivity index is 2.20. The first-order chi connectivity index (χ1) is 8.08. The van der Waals surface area contributed by atoms with E-state index in [0.29, 0.717) is 0 Å². The maximum Gasteiger partial charge on any atom is 0.0175 e. The van der Waals surface area contributed by atoms with Gasteiger partial charge >= 0.3 is 0 Å². The predicted octanol–water partition coefficient (Wildman–Crippen LogP) is 4.26. The van der Waals surface area contributed by atoms with E-state index in [1.54, 1.807) is 0 Å². The molecule has 1 atom stereocenters. The molecule has 0 amide bonds. The average molecular weight is 298 g/mol. The Hall–Kier alpha value is -0.340. The fourth-order valence-electron chi connectivity index (χ4n) is 1.86. The van der Waals surface area contributed by atoms with Gasteiger partial charge < -0.3 is 5.32 Å². The molecule has 1 N–H and O–H groups in total.